The van der Waals surface area contributed by atoms with Gasteiger partial charge in [-0.25, -0.2) is 9.13 Å². The highest BCUT2D eigenvalue weighted by Crippen LogP contribution is 2.38. The fraction of sp³-hybridized carbons (Fsp3) is 0.333. The first-order chi connectivity index (χ1) is 19.9. The molecular weight excluding hydrogens is 508 g/mol. The first kappa shape index (κ1) is 28.4. The summed E-state index contributed by atoms with van der Waals surface area (Å²) >= 11 is 0. The van der Waals surface area contributed by atoms with Crippen molar-refractivity contribution in [1.82, 2.24) is 4.57 Å². The second-order valence-corrected chi connectivity index (χ2v) is 11.6. The van der Waals surface area contributed by atoms with Gasteiger partial charge in [0, 0.05) is 10.8 Å². The number of ketones is 1. The van der Waals surface area contributed by atoms with Gasteiger partial charge in [0.25, 0.3) is 0 Å². The Hall–Kier alpha value is -4.12. The summed E-state index contributed by atoms with van der Waals surface area (Å²) in [6.07, 6.45) is 3.91. The van der Waals surface area contributed by atoms with Crippen molar-refractivity contribution in [3.63, 3.8) is 0 Å². The largest absolute Gasteiger partial charge is 0.493 e. The molecule has 0 saturated heterocycles. The molecule has 4 aromatic carbocycles. The fourth-order valence-corrected chi connectivity index (χ4v) is 5.11. The Morgan fingerprint density at radius 2 is 1.41 bits per heavy atom. The quantitative estimate of drug-likeness (QED) is 0.111. The summed E-state index contributed by atoms with van der Waals surface area (Å²) < 4.78 is 16.9. The molecular formula is C36H41N2O3+. The summed E-state index contributed by atoms with van der Waals surface area (Å²) in [5.41, 5.74) is 3.90. The molecule has 0 fully saturated rings. The maximum Gasteiger partial charge on any atom is 0.245 e. The van der Waals surface area contributed by atoms with E-state index < -0.39 is 0 Å². The number of benzene rings is 4. The number of carbonyl (C=O) groups is 1. The maximum atomic E-state index is 14.2. The van der Waals surface area contributed by atoms with Crippen LogP contribution in [0.3, 0.4) is 0 Å². The molecule has 0 atom stereocenters. The predicted molar refractivity (Wildman–Crippen MR) is 166 cm³/mol. The number of aromatic nitrogens is 2. The molecule has 0 unspecified atom stereocenters. The molecule has 5 nitrogen and oxygen atoms in total. The number of fused-ring (bicyclic) bond motifs is 2. The molecule has 5 aromatic rings. The SMILES string of the molecule is CC(C)CCOc1cc(C(=O)Cn2c[n+](Cc3ccccc3)c3ccccc32)c(OCCC(C)C)c2ccccc12. The van der Waals surface area contributed by atoms with Crippen LogP contribution in [0.1, 0.15) is 56.5 Å². The molecule has 0 aliphatic rings. The molecule has 5 heteroatoms. The van der Waals surface area contributed by atoms with Crippen molar-refractivity contribution in [2.75, 3.05) is 13.2 Å². The van der Waals surface area contributed by atoms with Crippen molar-refractivity contribution in [3.8, 4) is 11.5 Å². The van der Waals surface area contributed by atoms with Gasteiger partial charge < -0.3 is 9.47 Å². The van der Waals surface area contributed by atoms with Gasteiger partial charge in [0.15, 0.2) is 17.6 Å². The highest BCUT2D eigenvalue weighted by atomic mass is 16.5. The first-order valence-corrected chi connectivity index (χ1v) is 14.8. The van der Waals surface area contributed by atoms with Crippen LogP contribution in [-0.4, -0.2) is 23.6 Å². The maximum absolute atomic E-state index is 14.2. The van der Waals surface area contributed by atoms with Gasteiger partial charge in [-0.2, -0.15) is 0 Å². The smallest absolute Gasteiger partial charge is 0.245 e. The van der Waals surface area contributed by atoms with E-state index in [0.717, 1.165) is 46.9 Å². The van der Waals surface area contributed by atoms with Gasteiger partial charge in [0.05, 0.1) is 18.8 Å². The third-order valence-electron chi connectivity index (χ3n) is 7.44. The number of imidazole rings is 1. The van der Waals surface area contributed by atoms with Crippen molar-refractivity contribution < 1.29 is 18.8 Å². The van der Waals surface area contributed by atoms with E-state index in [-0.39, 0.29) is 12.3 Å². The van der Waals surface area contributed by atoms with Crippen LogP contribution < -0.4 is 14.0 Å². The van der Waals surface area contributed by atoms with Gasteiger partial charge >= 0.3 is 0 Å². The molecule has 0 bridgehead atoms. The molecule has 0 spiro atoms. The number of para-hydroxylation sites is 2. The molecule has 0 aliphatic carbocycles. The number of carbonyl (C=O) groups excluding carboxylic acids is 1. The van der Waals surface area contributed by atoms with Crippen LogP contribution in [0.15, 0.2) is 91.3 Å². The molecule has 0 radical (unpaired) electrons. The van der Waals surface area contributed by atoms with E-state index >= 15 is 0 Å². The van der Waals surface area contributed by atoms with Crippen molar-refractivity contribution in [1.29, 1.82) is 0 Å². The summed E-state index contributed by atoms with van der Waals surface area (Å²) in [6.45, 7) is 10.8. The van der Waals surface area contributed by atoms with Gasteiger partial charge in [-0.15, -0.1) is 0 Å². The molecule has 1 heterocycles. The zero-order valence-electron chi connectivity index (χ0n) is 24.7. The van der Waals surface area contributed by atoms with E-state index in [4.69, 9.17) is 9.47 Å². The molecule has 5 rings (SSSR count). The Labute approximate surface area is 243 Å². The minimum Gasteiger partial charge on any atom is -0.493 e. The minimum atomic E-state index is -0.00313. The van der Waals surface area contributed by atoms with Crippen LogP contribution in [0.4, 0.5) is 0 Å². The Bertz CT molecular complexity index is 1620. The molecule has 0 saturated carbocycles. The third kappa shape index (κ3) is 6.79. The summed E-state index contributed by atoms with van der Waals surface area (Å²) in [5, 5.41) is 1.89. The van der Waals surface area contributed by atoms with E-state index in [1.807, 2.05) is 47.0 Å². The van der Waals surface area contributed by atoms with Gasteiger partial charge in [0.2, 0.25) is 12.1 Å². The van der Waals surface area contributed by atoms with E-state index in [9.17, 15) is 4.79 Å². The molecule has 1 aromatic heterocycles. The number of hydrogen-bond acceptors (Lipinski definition) is 3. The lowest BCUT2D eigenvalue weighted by Gasteiger charge is -2.18. The number of rotatable bonds is 13. The lowest BCUT2D eigenvalue weighted by Crippen LogP contribution is -2.33. The van der Waals surface area contributed by atoms with E-state index in [0.29, 0.717) is 36.4 Å². The van der Waals surface area contributed by atoms with Crippen LogP contribution in [0, 0.1) is 11.8 Å². The Morgan fingerprint density at radius 1 is 0.780 bits per heavy atom. The number of nitrogens with zero attached hydrogens (tertiary/aromatic N) is 2. The average molecular weight is 550 g/mol. The first-order valence-electron chi connectivity index (χ1n) is 14.8. The average Bonchev–Trinajstić information content (AvgIpc) is 3.30. The van der Waals surface area contributed by atoms with Gasteiger partial charge in [-0.05, 0) is 48.4 Å². The number of hydrogen-bond donors (Lipinski definition) is 0. The van der Waals surface area contributed by atoms with Crippen LogP contribution in [0.2, 0.25) is 0 Å². The lowest BCUT2D eigenvalue weighted by molar-refractivity contribution is -0.663. The Morgan fingerprint density at radius 3 is 2.15 bits per heavy atom. The van der Waals surface area contributed by atoms with Gasteiger partial charge in [0.1, 0.15) is 18.0 Å². The van der Waals surface area contributed by atoms with Crippen molar-refractivity contribution in [2.24, 2.45) is 11.8 Å². The third-order valence-corrected chi connectivity index (χ3v) is 7.44. The van der Waals surface area contributed by atoms with Crippen LogP contribution in [0.5, 0.6) is 11.5 Å². The normalized spacial score (nSPS) is 11.6. The summed E-state index contributed by atoms with van der Waals surface area (Å²) in [6, 6.07) is 28.6. The highest BCUT2D eigenvalue weighted by molar-refractivity contribution is 6.07. The zero-order valence-corrected chi connectivity index (χ0v) is 24.7. The Kier molecular flexibility index (Phi) is 9.03. The minimum absolute atomic E-state index is 0.00313. The van der Waals surface area contributed by atoms with E-state index in [2.05, 4.69) is 81.1 Å². The molecule has 41 heavy (non-hydrogen) atoms. The predicted octanol–water partition coefficient (Wildman–Crippen LogP) is 7.86. The fourth-order valence-electron chi connectivity index (χ4n) is 5.11. The van der Waals surface area contributed by atoms with Gasteiger partial charge in [-0.3, -0.25) is 4.79 Å². The molecule has 0 aliphatic heterocycles. The van der Waals surface area contributed by atoms with E-state index in [1.165, 1.54) is 5.56 Å². The number of Topliss-reactive ketones (excluding diaryl/α,β-unsaturated/α-hetero) is 1. The Balaban J connectivity index is 1.53. The summed E-state index contributed by atoms with van der Waals surface area (Å²) in [7, 11) is 0. The summed E-state index contributed by atoms with van der Waals surface area (Å²) in [5.74, 6) is 2.42. The van der Waals surface area contributed by atoms with Crippen LogP contribution >= 0.6 is 0 Å². The number of ether oxygens (including phenoxy) is 2. The van der Waals surface area contributed by atoms with Crippen molar-refractivity contribution >= 4 is 27.6 Å². The van der Waals surface area contributed by atoms with Crippen molar-refractivity contribution in [2.45, 2.75) is 53.6 Å². The van der Waals surface area contributed by atoms with Crippen LogP contribution in [-0.2, 0) is 13.1 Å². The highest BCUT2D eigenvalue weighted by Gasteiger charge is 2.24. The standard InChI is InChI=1S/C36H41N2O3/c1-26(2)18-20-40-35-22-31(36(41-21-19-27(3)4)30-15-9-8-14-29(30)35)34(39)24-38-25-37(23-28-12-6-5-7-13-28)32-16-10-11-17-33(32)38/h5-17,22,25-27H,18-21,23-24H2,1-4H3/q+1. The second-order valence-electron chi connectivity index (χ2n) is 11.6. The summed E-state index contributed by atoms with van der Waals surface area (Å²) in [4.78, 5) is 14.2. The monoisotopic (exact) mass is 549 g/mol. The zero-order chi connectivity index (χ0) is 28.8. The molecule has 0 N–H and O–H groups in total. The molecule has 0 amide bonds. The topological polar surface area (TPSA) is 44.3 Å². The van der Waals surface area contributed by atoms with Gasteiger partial charge in [-0.1, -0.05) is 94.4 Å². The van der Waals surface area contributed by atoms with Crippen LogP contribution in [0.25, 0.3) is 21.8 Å². The van der Waals surface area contributed by atoms with E-state index in [1.54, 1.807) is 0 Å². The molecule has 212 valence electrons. The van der Waals surface area contributed by atoms with Crippen molar-refractivity contribution in [3.05, 3.63) is 102 Å². The second kappa shape index (κ2) is 13.0. The lowest BCUT2D eigenvalue weighted by atomic mass is 10.0.